The minimum Gasteiger partial charge on any atom is -0.258 e. The Hall–Kier alpha value is -4.44. The summed E-state index contributed by atoms with van der Waals surface area (Å²) in [6.07, 6.45) is 1.54. The molecule has 1 aromatic heterocycles. The van der Waals surface area contributed by atoms with Crippen molar-refractivity contribution < 1.29 is 9.85 Å². The van der Waals surface area contributed by atoms with E-state index in [4.69, 9.17) is 0 Å². The maximum Gasteiger partial charge on any atom is 0.269 e. The van der Waals surface area contributed by atoms with Gasteiger partial charge in [0.25, 0.3) is 11.4 Å². The van der Waals surface area contributed by atoms with Gasteiger partial charge in [-0.15, -0.1) is 0 Å². The minimum atomic E-state index is -0.459. The fourth-order valence-corrected chi connectivity index (χ4v) is 3.88. The molecule has 4 aromatic rings. The van der Waals surface area contributed by atoms with Crippen LogP contribution in [0.3, 0.4) is 0 Å². The molecule has 0 amide bonds. The molecule has 1 N–H and O–H groups in total. The second kappa shape index (κ2) is 9.14. The number of aromatic nitrogens is 1. The largest absolute Gasteiger partial charge is 0.269 e. The lowest BCUT2D eigenvalue weighted by Gasteiger charge is -2.02. The van der Waals surface area contributed by atoms with Crippen molar-refractivity contribution in [2.24, 2.45) is 5.10 Å². The highest BCUT2D eigenvalue weighted by molar-refractivity contribution is 7.19. The normalized spacial score (nSPS) is 10.9. The van der Waals surface area contributed by atoms with Crippen molar-refractivity contribution in [3.8, 4) is 21.7 Å². The second-order valence-electron chi connectivity index (χ2n) is 6.59. The lowest BCUT2D eigenvalue weighted by atomic mass is 10.1. The number of thiazole rings is 1. The summed E-state index contributed by atoms with van der Waals surface area (Å²) in [4.78, 5) is 26.3. The molecular weight excluding hydrogens is 430 g/mol. The van der Waals surface area contributed by atoms with Gasteiger partial charge in [-0.05, 0) is 35.4 Å². The Morgan fingerprint density at radius 1 is 0.812 bits per heavy atom. The lowest BCUT2D eigenvalue weighted by Crippen LogP contribution is -1.91. The van der Waals surface area contributed by atoms with Crippen LogP contribution >= 0.6 is 11.3 Å². The van der Waals surface area contributed by atoms with Gasteiger partial charge in [0.2, 0.25) is 5.13 Å². The minimum absolute atomic E-state index is 0.00951. The molecule has 0 spiro atoms. The Balaban J connectivity index is 1.62. The highest BCUT2D eigenvalue weighted by atomic mass is 32.1. The summed E-state index contributed by atoms with van der Waals surface area (Å²) >= 11 is 1.37. The van der Waals surface area contributed by atoms with Crippen molar-refractivity contribution >= 4 is 34.1 Å². The van der Waals surface area contributed by atoms with E-state index < -0.39 is 9.85 Å². The van der Waals surface area contributed by atoms with Gasteiger partial charge in [0.15, 0.2) is 0 Å². The molecule has 3 aromatic carbocycles. The first-order valence-electron chi connectivity index (χ1n) is 9.36. The van der Waals surface area contributed by atoms with Gasteiger partial charge in [-0.2, -0.15) is 5.10 Å². The molecule has 0 aliphatic rings. The molecule has 4 rings (SSSR count). The zero-order valence-corrected chi connectivity index (χ0v) is 17.2. The van der Waals surface area contributed by atoms with Crippen molar-refractivity contribution in [1.82, 2.24) is 4.98 Å². The van der Waals surface area contributed by atoms with E-state index in [0.717, 1.165) is 21.7 Å². The maximum absolute atomic E-state index is 11.0. The zero-order valence-electron chi connectivity index (χ0n) is 16.4. The van der Waals surface area contributed by atoms with E-state index in [-0.39, 0.29) is 11.4 Å². The summed E-state index contributed by atoms with van der Waals surface area (Å²) in [5, 5.41) is 26.4. The first-order valence-corrected chi connectivity index (χ1v) is 10.2. The molecular formula is C22H15N5O4S. The van der Waals surface area contributed by atoms with Gasteiger partial charge in [0.1, 0.15) is 0 Å². The first-order chi connectivity index (χ1) is 15.5. The predicted molar refractivity (Wildman–Crippen MR) is 124 cm³/mol. The molecule has 0 aliphatic heterocycles. The Morgan fingerprint density at radius 3 is 2.00 bits per heavy atom. The van der Waals surface area contributed by atoms with Crippen LogP contribution in [0.2, 0.25) is 0 Å². The summed E-state index contributed by atoms with van der Waals surface area (Å²) in [6, 6.07) is 21.9. The van der Waals surface area contributed by atoms with Crippen LogP contribution in [-0.4, -0.2) is 21.0 Å². The molecule has 0 unspecified atom stereocenters. The number of hydrogen-bond acceptors (Lipinski definition) is 8. The third-order valence-corrected chi connectivity index (χ3v) is 5.50. The summed E-state index contributed by atoms with van der Waals surface area (Å²) in [5.74, 6) is 0. The number of nitrogens with zero attached hydrogens (tertiary/aromatic N) is 4. The second-order valence-corrected chi connectivity index (χ2v) is 7.58. The molecule has 158 valence electrons. The zero-order chi connectivity index (χ0) is 22.5. The number of nitro groups is 2. The average molecular weight is 445 g/mol. The van der Waals surface area contributed by atoms with Crippen molar-refractivity contribution in [2.75, 3.05) is 5.43 Å². The van der Waals surface area contributed by atoms with Crippen LogP contribution in [0, 0.1) is 20.2 Å². The van der Waals surface area contributed by atoms with Crippen LogP contribution in [0.4, 0.5) is 16.5 Å². The monoisotopic (exact) mass is 445 g/mol. The third-order valence-electron chi connectivity index (χ3n) is 4.49. The third kappa shape index (κ3) is 4.65. The van der Waals surface area contributed by atoms with Gasteiger partial charge in [-0.3, -0.25) is 25.7 Å². The summed E-state index contributed by atoms with van der Waals surface area (Å²) < 4.78 is 0. The lowest BCUT2D eigenvalue weighted by molar-refractivity contribution is -0.385. The highest BCUT2D eigenvalue weighted by Crippen LogP contribution is 2.39. The Bertz CT molecular complexity index is 1290. The Labute approximate surface area is 186 Å². The smallest absolute Gasteiger partial charge is 0.258 e. The molecule has 0 radical (unpaired) electrons. The Morgan fingerprint density at radius 2 is 1.41 bits per heavy atom. The summed E-state index contributed by atoms with van der Waals surface area (Å²) in [5.41, 5.74) is 6.06. The maximum atomic E-state index is 11.0. The number of anilines is 1. The summed E-state index contributed by atoms with van der Waals surface area (Å²) in [7, 11) is 0. The van der Waals surface area contributed by atoms with Gasteiger partial charge in [-0.25, -0.2) is 4.98 Å². The van der Waals surface area contributed by atoms with Crippen molar-refractivity contribution in [3.63, 3.8) is 0 Å². The number of nitro benzene ring substituents is 2. The number of hydrogen-bond donors (Lipinski definition) is 1. The van der Waals surface area contributed by atoms with Crippen LogP contribution in [0.15, 0.2) is 84.0 Å². The van der Waals surface area contributed by atoms with Crippen LogP contribution in [0.1, 0.15) is 5.56 Å². The van der Waals surface area contributed by atoms with E-state index in [1.807, 2.05) is 30.3 Å². The SMILES string of the molecule is O=[N+]([O-])c1ccc(/C=N\Nc2nc(-c3ccccc3)c(-c3ccc([N+](=O)[O-])cc3)s2)cc1. The van der Waals surface area contributed by atoms with Crippen LogP contribution < -0.4 is 5.43 Å². The van der Waals surface area contributed by atoms with Crippen molar-refractivity contribution in [3.05, 3.63) is 105 Å². The van der Waals surface area contributed by atoms with Crippen molar-refractivity contribution in [2.45, 2.75) is 0 Å². The van der Waals surface area contributed by atoms with E-state index in [1.165, 1.54) is 35.6 Å². The fourth-order valence-electron chi connectivity index (χ4n) is 2.93. The van der Waals surface area contributed by atoms with Gasteiger partial charge in [0.05, 0.1) is 26.6 Å². The molecule has 0 atom stereocenters. The quantitative estimate of drug-likeness (QED) is 0.220. The van der Waals surface area contributed by atoms with Crippen LogP contribution in [0.5, 0.6) is 0 Å². The number of hydrazone groups is 1. The molecule has 0 fully saturated rings. The van der Waals surface area contributed by atoms with Crippen LogP contribution in [0.25, 0.3) is 21.7 Å². The average Bonchev–Trinajstić information content (AvgIpc) is 3.24. The van der Waals surface area contributed by atoms with Crippen molar-refractivity contribution in [1.29, 1.82) is 0 Å². The number of nitrogens with one attached hydrogen (secondary N) is 1. The van der Waals surface area contributed by atoms with Gasteiger partial charge in [-0.1, -0.05) is 41.7 Å². The van der Waals surface area contributed by atoms with E-state index in [9.17, 15) is 20.2 Å². The molecule has 10 heteroatoms. The molecule has 0 bridgehead atoms. The molecule has 0 saturated heterocycles. The van der Waals surface area contributed by atoms with E-state index >= 15 is 0 Å². The van der Waals surface area contributed by atoms with E-state index in [0.29, 0.717) is 10.7 Å². The van der Waals surface area contributed by atoms with Crippen LogP contribution in [-0.2, 0) is 0 Å². The number of benzene rings is 3. The molecule has 1 heterocycles. The predicted octanol–water partition coefficient (Wildman–Crippen LogP) is 5.74. The topological polar surface area (TPSA) is 124 Å². The van der Waals surface area contributed by atoms with E-state index in [1.54, 1.807) is 30.5 Å². The molecule has 9 nitrogen and oxygen atoms in total. The highest BCUT2D eigenvalue weighted by Gasteiger charge is 2.16. The molecule has 32 heavy (non-hydrogen) atoms. The number of non-ortho nitro benzene ring substituents is 2. The molecule has 0 saturated carbocycles. The van der Waals surface area contributed by atoms with Gasteiger partial charge in [0, 0.05) is 29.8 Å². The summed E-state index contributed by atoms with van der Waals surface area (Å²) in [6.45, 7) is 0. The number of rotatable bonds is 7. The van der Waals surface area contributed by atoms with Gasteiger partial charge < -0.3 is 0 Å². The van der Waals surface area contributed by atoms with E-state index in [2.05, 4.69) is 15.5 Å². The van der Waals surface area contributed by atoms with Gasteiger partial charge >= 0.3 is 0 Å². The first kappa shape index (κ1) is 20.8. The molecule has 0 aliphatic carbocycles. The fraction of sp³-hybridized carbons (Fsp3) is 0. The Kier molecular flexibility index (Phi) is 5.95. The standard InChI is InChI=1S/C22H15N5O4S/c28-26(29)18-10-6-15(7-11-18)14-23-25-22-24-20(16-4-2-1-3-5-16)21(32-22)17-8-12-19(13-9-17)27(30)31/h1-14H,(H,24,25)/b23-14-.